The summed E-state index contributed by atoms with van der Waals surface area (Å²) in [5.41, 5.74) is 3.96. The first-order chi connectivity index (χ1) is 14.4. The molecule has 7 heteroatoms. The predicted molar refractivity (Wildman–Crippen MR) is 115 cm³/mol. The van der Waals surface area contributed by atoms with Crippen LogP contribution in [0, 0.1) is 13.8 Å². The van der Waals surface area contributed by atoms with Crippen molar-refractivity contribution in [3.8, 4) is 11.4 Å². The largest absolute Gasteiger partial charge is 0.491 e. The fourth-order valence-corrected chi connectivity index (χ4v) is 3.51. The molecule has 2 aromatic heterocycles. The molecule has 0 aliphatic carbocycles. The highest BCUT2D eigenvalue weighted by molar-refractivity contribution is 5.96. The molecule has 0 atom stereocenters. The molecule has 0 amide bonds. The number of ketones is 1. The Morgan fingerprint density at radius 3 is 2.57 bits per heavy atom. The first-order valence-electron chi connectivity index (χ1n) is 9.68. The minimum absolute atomic E-state index is 0.0651. The highest BCUT2D eigenvalue weighted by atomic mass is 16.5. The smallest absolute Gasteiger partial charge is 0.264 e. The predicted octanol–water partition coefficient (Wildman–Crippen LogP) is 3.48. The molecule has 0 fully saturated rings. The van der Waals surface area contributed by atoms with Gasteiger partial charge in [-0.1, -0.05) is 18.2 Å². The summed E-state index contributed by atoms with van der Waals surface area (Å²) in [5.74, 6) is 0.444. The minimum atomic E-state index is -0.181. The van der Waals surface area contributed by atoms with Crippen LogP contribution in [0.3, 0.4) is 0 Å². The first kappa shape index (κ1) is 19.6. The molecule has 0 aliphatic rings. The second-order valence-corrected chi connectivity index (χ2v) is 7.28. The van der Waals surface area contributed by atoms with Gasteiger partial charge >= 0.3 is 0 Å². The van der Waals surface area contributed by atoms with E-state index in [0.717, 1.165) is 16.8 Å². The van der Waals surface area contributed by atoms with Gasteiger partial charge in [0.05, 0.1) is 24.0 Å². The summed E-state index contributed by atoms with van der Waals surface area (Å²) in [6, 6.07) is 13.2. The Morgan fingerprint density at radius 2 is 1.83 bits per heavy atom. The number of ether oxygens (including phenoxy) is 1. The van der Waals surface area contributed by atoms with Gasteiger partial charge in [0, 0.05) is 0 Å². The van der Waals surface area contributed by atoms with Crippen LogP contribution in [-0.4, -0.2) is 31.7 Å². The summed E-state index contributed by atoms with van der Waals surface area (Å²) < 4.78 is 8.91. The highest BCUT2D eigenvalue weighted by Crippen LogP contribution is 2.19. The lowest BCUT2D eigenvalue weighted by molar-refractivity contribution is 0.101. The van der Waals surface area contributed by atoms with Crippen molar-refractivity contribution in [1.29, 1.82) is 0 Å². The zero-order valence-corrected chi connectivity index (χ0v) is 17.1. The van der Waals surface area contributed by atoms with Gasteiger partial charge in [-0.25, -0.2) is 9.67 Å². The third-order valence-corrected chi connectivity index (χ3v) is 4.86. The number of benzene rings is 2. The molecule has 0 radical (unpaired) electrons. The highest BCUT2D eigenvalue weighted by Gasteiger charge is 2.13. The SMILES string of the molecule is CC(=O)c1ccccc1OCCn1cnc2c(cnn2-c2cc(C)cc(C)c2)c1=O. The number of para-hydroxylation sites is 1. The van der Waals surface area contributed by atoms with E-state index in [1.807, 2.05) is 32.0 Å². The summed E-state index contributed by atoms with van der Waals surface area (Å²) in [6.07, 6.45) is 3.05. The van der Waals surface area contributed by atoms with E-state index in [4.69, 9.17) is 4.74 Å². The van der Waals surface area contributed by atoms with Gasteiger partial charge < -0.3 is 4.74 Å². The number of Topliss-reactive ketones (excluding diaryl/α,β-unsaturated/α-hetero) is 1. The summed E-state index contributed by atoms with van der Waals surface area (Å²) in [4.78, 5) is 29.1. The number of rotatable bonds is 6. The van der Waals surface area contributed by atoms with Crippen LogP contribution in [0.15, 0.2) is 59.8 Å². The van der Waals surface area contributed by atoms with Gasteiger partial charge in [0.1, 0.15) is 24.1 Å². The van der Waals surface area contributed by atoms with Gasteiger partial charge in [0.15, 0.2) is 11.4 Å². The van der Waals surface area contributed by atoms with Crippen molar-refractivity contribution in [1.82, 2.24) is 19.3 Å². The monoisotopic (exact) mass is 402 g/mol. The van der Waals surface area contributed by atoms with Crippen LogP contribution in [0.1, 0.15) is 28.4 Å². The number of carbonyl (C=O) groups excluding carboxylic acids is 1. The van der Waals surface area contributed by atoms with Crippen molar-refractivity contribution < 1.29 is 9.53 Å². The zero-order valence-electron chi connectivity index (χ0n) is 17.1. The first-order valence-corrected chi connectivity index (χ1v) is 9.68. The molecule has 4 rings (SSSR count). The van der Waals surface area contributed by atoms with E-state index in [2.05, 4.69) is 16.1 Å². The number of nitrogens with zero attached hydrogens (tertiary/aromatic N) is 4. The Kier molecular flexibility index (Phi) is 5.18. The molecule has 0 saturated carbocycles. The van der Waals surface area contributed by atoms with E-state index in [0.29, 0.717) is 28.9 Å². The summed E-state index contributed by atoms with van der Waals surface area (Å²) in [7, 11) is 0. The molecule has 0 N–H and O–H groups in total. The van der Waals surface area contributed by atoms with Gasteiger partial charge in [-0.05, 0) is 56.2 Å². The number of aromatic nitrogens is 4. The van der Waals surface area contributed by atoms with Crippen LogP contribution in [0.25, 0.3) is 16.7 Å². The van der Waals surface area contributed by atoms with Gasteiger partial charge in [0.2, 0.25) is 0 Å². The maximum absolute atomic E-state index is 12.9. The Labute approximate surface area is 173 Å². The number of carbonyl (C=O) groups is 1. The lowest BCUT2D eigenvalue weighted by Crippen LogP contribution is -2.23. The molecule has 0 spiro atoms. The Hall–Kier alpha value is -3.74. The minimum Gasteiger partial charge on any atom is -0.491 e. The maximum Gasteiger partial charge on any atom is 0.264 e. The van der Waals surface area contributed by atoms with Crippen LogP contribution >= 0.6 is 0 Å². The number of hydrogen-bond acceptors (Lipinski definition) is 5. The van der Waals surface area contributed by atoms with Gasteiger partial charge in [-0.2, -0.15) is 5.10 Å². The second-order valence-electron chi connectivity index (χ2n) is 7.28. The van der Waals surface area contributed by atoms with E-state index >= 15 is 0 Å². The molecular formula is C23H22N4O3. The molecule has 30 heavy (non-hydrogen) atoms. The van der Waals surface area contributed by atoms with Crippen LogP contribution in [-0.2, 0) is 6.54 Å². The quantitative estimate of drug-likeness (QED) is 0.462. The molecule has 4 aromatic rings. The molecule has 2 aromatic carbocycles. The lowest BCUT2D eigenvalue weighted by atomic mass is 10.1. The topological polar surface area (TPSA) is 79.0 Å². The Bertz CT molecular complexity index is 1280. The van der Waals surface area contributed by atoms with Gasteiger partial charge in [0.25, 0.3) is 5.56 Å². The van der Waals surface area contributed by atoms with Crippen molar-refractivity contribution in [3.05, 3.63) is 82.0 Å². The third kappa shape index (κ3) is 3.74. The fraction of sp³-hybridized carbons (Fsp3) is 0.217. The van der Waals surface area contributed by atoms with Crippen LogP contribution in [0.5, 0.6) is 5.75 Å². The van der Waals surface area contributed by atoms with Crippen molar-refractivity contribution in [2.75, 3.05) is 6.61 Å². The van der Waals surface area contributed by atoms with Crippen LogP contribution < -0.4 is 10.3 Å². The molecule has 0 saturated heterocycles. The number of hydrogen-bond donors (Lipinski definition) is 0. The van der Waals surface area contributed by atoms with Crippen molar-refractivity contribution in [2.24, 2.45) is 0 Å². The Balaban J connectivity index is 1.58. The molecule has 0 unspecified atom stereocenters. The molecule has 152 valence electrons. The fourth-order valence-electron chi connectivity index (χ4n) is 3.51. The number of aryl methyl sites for hydroxylation is 2. The standard InChI is InChI=1S/C23H22N4O3/c1-15-10-16(2)12-18(11-15)27-22-20(13-25-27)23(29)26(14-24-22)8-9-30-21-7-5-4-6-19(21)17(3)28/h4-7,10-14H,8-9H2,1-3H3. The summed E-state index contributed by atoms with van der Waals surface area (Å²) >= 11 is 0. The van der Waals surface area contributed by atoms with Crippen LogP contribution in [0.2, 0.25) is 0 Å². The van der Waals surface area contributed by atoms with E-state index < -0.39 is 0 Å². The van der Waals surface area contributed by atoms with Crippen molar-refractivity contribution in [3.63, 3.8) is 0 Å². The normalized spacial score (nSPS) is 11.0. The molecule has 0 bridgehead atoms. The third-order valence-electron chi connectivity index (χ3n) is 4.86. The second kappa shape index (κ2) is 7.94. The number of fused-ring (bicyclic) bond motifs is 1. The van der Waals surface area contributed by atoms with Crippen LogP contribution in [0.4, 0.5) is 0 Å². The van der Waals surface area contributed by atoms with E-state index in [1.165, 1.54) is 17.8 Å². The average molecular weight is 402 g/mol. The molecular weight excluding hydrogens is 380 g/mol. The van der Waals surface area contributed by atoms with Crippen molar-refractivity contribution >= 4 is 16.8 Å². The molecule has 0 aliphatic heterocycles. The van der Waals surface area contributed by atoms with E-state index in [-0.39, 0.29) is 17.9 Å². The van der Waals surface area contributed by atoms with Gasteiger partial charge in [-0.3, -0.25) is 14.2 Å². The van der Waals surface area contributed by atoms with Crippen molar-refractivity contribution in [2.45, 2.75) is 27.3 Å². The lowest BCUT2D eigenvalue weighted by Gasteiger charge is -2.11. The summed E-state index contributed by atoms with van der Waals surface area (Å²) in [5, 5.41) is 4.83. The molecule has 2 heterocycles. The Morgan fingerprint density at radius 1 is 1.10 bits per heavy atom. The summed E-state index contributed by atoms with van der Waals surface area (Å²) in [6.45, 7) is 6.09. The van der Waals surface area contributed by atoms with E-state index in [9.17, 15) is 9.59 Å². The van der Waals surface area contributed by atoms with Gasteiger partial charge in [-0.15, -0.1) is 0 Å². The molecule has 7 nitrogen and oxygen atoms in total. The zero-order chi connectivity index (χ0) is 21.3. The van der Waals surface area contributed by atoms with E-state index in [1.54, 1.807) is 29.1 Å². The average Bonchev–Trinajstić information content (AvgIpc) is 3.14. The maximum atomic E-state index is 12.9.